The summed E-state index contributed by atoms with van der Waals surface area (Å²) in [7, 11) is 0. The first-order valence-corrected chi connectivity index (χ1v) is 13.4. The van der Waals surface area contributed by atoms with E-state index in [4.69, 9.17) is 9.47 Å². The number of hydrogen-bond acceptors (Lipinski definition) is 3. The van der Waals surface area contributed by atoms with Gasteiger partial charge in [0.25, 0.3) is 0 Å². The highest BCUT2D eigenvalue weighted by molar-refractivity contribution is 5.87. The fourth-order valence-electron chi connectivity index (χ4n) is 5.00. The van der Waals surface area contributed by atoms with E-state index in [0.29, 0.717) is 18.1 Å². The molecule has 0 spiro atoms. The van der Waals surface area contributed by atoms with E-state index in [1.54, 1.807) is 12.1 Å². The second-order valence-corrected chi connectivity index (χ2v) is 10.7. The predicted octanol–water partition coefficient (Wildman–Crippen LogP) is 8.58. The zero-order valence-corrected chi connectivity index (χ0v) is 23.4. The fraction of sp³-hybridized carbons (Fsp3) is 0.424. The number of rotatable bonds is 12. The molecular formula is C33H42O4. The van der Waals surface area contributed by atoms with E-state index in [1.807, 2.05) is 25.1 Å². The summed E-state index contributed by atoms with van der Waals surface area (Å²) >= 11 is 0. The van der Waals surface area contributed by atoms with Crippen LogP contribution in [0.1, 0.15) is 106 Å². The summed E-state index contributed by atoms with van der Waals surface area (Å²) in [6, 6.07) is 22.3. The number of benzene rings is 3. The molecule has 4 heteroatoms. The Morgan fingerprint density at radius 2 is 1.65 bits per heavy atom. The standard InChI is InChI=1S/C33H42O4/c1-8-36-31-21-27(16-17-28(31)22(2)3)33(7,29-14-9-10-15-30(29)37-23(4)5)19-18-24(6)25-12-11-13-26(20-25)32(34)35/h9-17,20-24H,8,18-19H2,1-7H3,(H,34,35). The molecule has 0 aliphatic rings. The van der Waals surface area contributed by atoms with Crippen LogP contribution in [0.3, 0.4) is 0 Å². The smallest absolute Gasteiger partial charge is 0.335 e. The lowest BCUT2D eigenvalue weighted by molar-refractivity contribution is 0.0696. The molecule has 1 N–H and O–H groups in total. The third kappa shape index (κ3) is 6.74. The van der Waals surface area contributed by atoms with E-state index < -0.39 is 5.97 Å². The lowest BCUT2D eigenvalue weighted by Gasteiger charge is -2.35. The van der Waals surface area contributed by atoms with Gasteiger partial charge in [-0.05, 0) is 86.4 Å². The number of hydrogen-bond donors (Lipinski definition) is 1. The summed E-state index contributed by atoms with van der Waals surface area (Å²) < 4.78 is 12.4. The molecular weight excluding hydrogens is 460 g/mol. The van der Waals surface area contributed by atoms with Crippen molar-refractivity contribution < 1.29 is 19.4 Å². The molecule has 2 atom stereocenters. The summed E-state index contributed by atoms with van der Waals surface area (Å²) in [6.45, 7) is 15.6. The zero-order valence-electron chi connectivity index (χ0n) is 23.4. The van der Waals surface area contributed by atoms with Crippen molar-refractivity contribution in [3.05, 3.63) is 94.5 Å². The monoisotopic (exact) mass is 502 g/mol. The Morgan fingerprint density at radius 1 is 0.919 bits per heavy atom. The van der Waals surface area contributed by atoms with Gasteiger partial charge in [0.2, 0.25) is 0 Å². The van der Waals surface area contributed by atoms with Gasteiger partial charge in [-0.2, -0.15) is 0 Å². The molecule has 2 unspecified atom stereocenters. The molecule has 0 saturated heterocycles. The average molecular weight is 503 g/mol. The van der Waals surface area contributed by atoms with Crippen molar-refractivity contribution in [1.29, 1.82) is 0 Å². The van der Waals surface area contributed by atoms with Gasteiger partial charge in [-0.25, -0.2) is 4.79 Å². The number of para-hydroxylation sites is 1. The molecule has 0 aliphatic heterocycles. The van der Waals surface area contributed by atoms with E-state index in [-0.39, 0.29) is 17.4 Å². The second-order valence-electron chi connectivity index (χ2n) is 10.7. The van der Waals surface area contributed by atoms with Crippen LogP contribution in [-0.4, -0.2) is 23.8 Å². The Kier molecular flexibility index (Phi) is 9.42. The van der Waals surface area contributed by atoms with Gasteiger partial charge >= 0.3 is 5.97 Å². The maximum Gasteiger partial charge on any atom is 0.335 e. The molecule has 0 amide bonds. The Balaban J connectivity index is 2.07. The van der Waals surface area contributed by atoms with E-state index in [1.165, 1.54) is 11.1 Å². The van der Waals surface area contributed by atoms with Crippen LogP contribution in [0.25, 0.3) is 0 Å². The van der Waals surface area contributed by atoms with Crippen LogP contribution in [0.5, 0.6) is 11.5 Å². The Bertz CT molecular complexity index is 1200. The first-order valence-electron chi connectivity index (χ1n) is 13.4. The molecule has 0 saturated carbocycles. The summed E-state index contributed by atoms with van der Waals surface area (Å²) in [5.74, 6) is 1.49. The third-order valence-corrected chi connectivity index (χ3v) is 7.20. The van der Waals surface area contributed by atoms with Gasteiger partial charge in [0, 0.05) is 11.0 Å². The molecule has 0 aromatic heterocycles. The molecule has 0 fully saturated rings. The van der Waals surface area contributed by atoms with E-state index in [9.17, 15) is 9.90 Å². The minimum Gasteiger partial charge on any atom is -0.494 e. The minimum atomic E-state index is -0.896. The van der Waals surface area contributed by atoms with E-state index in [2.05, 4.69) is 77.9 Å². The Labute approximate surface area is 222 Å². The van der Waals surface area contributed by atoms with Crippen LogP contribution in [0.2, 0.25) is 0 Å². The average Bonchev–Trinajstić information content (AvgIpc) is 2.87. The zero-order chi connectivity index (χ0) is 27.2. The molecule has 0 aliphatic carbocycles. The topological polar surface area (TPSA) is 55.8 Å². The highest BCUT2D eigenvalue weighted by Gasteiger charge is 2.33. The van der Waals surface area contributed by atoms with Crippen molar-refractivity contribution in [2.75, 3.05) is 6.61 Å². The van der Waals surface area contributed by atoms with Crippen molar-refractivity contribution in [2.45, 2.75) is 84.7 Å². The van der Waals surface area contributed by atoms with E-state index in [0.717, 1.165) is 35.5 Å². The van der Waals surface area contributed by atoms with Gasteiger partial charge < -0.3 is 14.6 Å². The normalized spacial score (nSPS) is 13.9. The maximum absolute atomic E-state index is 11.5. The summed E-state index contributed by atoms with van der Waals surface area (Å²) in [5, 5.41) is 9.46. The highest BCUT2D eigenvalue weighted by atomic mass is 16.5. The minimum absolute atomic E-state index is 0.0605. The molecule has 3 aromatic carbocycles. The van der Waals surface area contributed by atoms with Gasteiger partial charge in [-0.1, -0.05) is 70.2 Å². The van der Waals surface area contributed by atoms with Crippen LogP contribution >= 0.6 is 0 Å². The van der Waals surface area contributed by atoms with Crippen molar-refractivity contribution in [2.24, 2.45) is 0 Å². The van der Waals surface area contributed by atoms with Gasteiger partial charge in [-0.15, -0.1) is 0 Å². The lowest BCUT2D eigenvalue weighted by Crippen LogP contribution is -2.26. The SMILES string of the molecule is CCOc1cc(C(C)(CCC(C)c2cccc(C(=O)O)c2)c2ccccc2OC(C)C)ccc1C(C)C. The number of carboxylic acid groups (broad SMARTS) is 1. The van der Waals surface area contributed by atoms with E-state index >= 15 is 0 Å². The number of aromatic carboxylic acids is 1. The summed E-state index contributed by atoms with van der Waals surface area (Å²) in [4.78, 5) is 11.5. The third-order valence-electron chi connectivity index (χ3n) is 7.20. The highest BCUT2D eigenvalue weighted by Crippen LogP contribution is 2.45. The van der Waals surface area contributed by atoms with Crippen LogP contribution < -0.4 is 9.47 Å². The molecule has 0 bridgehead atoms. The molecule has 198 valence electrons. The number of ether oxygens (including phenoxy) is 2. The van der Waals surface area contributed by atoms with Gasteiger partial charge in [0.05, 0.1) is 18.3 Å². The van der Waals surface area contributed by atoms with Crippen molar-refractivity contribution >= 4 is 5.97 Å². The first kappa shape index (κ1) is 28.3. The summed E-state index contributed by atoms with van der Waals surface area (Å²) in [5.41, 5.74) is 4.57. The molecule has 0 heterocycles. The maximum atomic E-state index is 11.5. The summed E-state index contributed by atoms with van der Waals surface area (Å²) in [6.07, 6.45) is 1.80. The number of carboxylic acids is 1. The van der Waals surface area contributed by atoms with Gasteiger partial charge in [0.1, 0.15) is 11.5 Å². The van der Waals surface area contributed by atoms with Gasteiger partial charge in [-0.3, -0.25) is 0 Å². The first-order chi connectivity index (χ1) is 17.6. The van der Waals surface area contributed by atoms with Crippen molar-refractivity contribution in [1.82, 2.24) is 0 Å². The van der Waals surface area contributed by atoms with Crippen LogP contribution in [0, 0.1) is 0 Å². The fourth-order valence-corrected chi connectivity index (χ4v) is 5.00. The number of carbonyl (C=O) groups is 1. The molecule has 3 rings (SSSR count). The molecule has 0 radical (unpaired) electrons. The quantitative estimate of drug-likeness (QED) is 0.269. The van der Waals surface area contributed by atoms with Crippen LogP contribution in [0.4, 0.5) is 0 Å². The van der Waals surface area contributed by atoms with Gasteiger partial charge in [0.15, 0.2) is 0 Å². The molecule has 37 heavy (non-hydrogen) atoms. The lowest BCUT2D eigenvalue weighted by atomic mass is 9.70. The Morgan fingerprint density at radius 3 is 2.30 bits per heavy atom. The predicted molar refractivity (Wildman–Crippen MR) is 151 cm³/mol. The second kappa shape index (κ2) is 12.3. The van der Waals surface area contributed by atoms with Crippen molar-refractivity contribution in [3.63, 3.8) is 0 Å². The molecule has 4 nitrogen and oxygen atoms in total. The Hall–Kier alpha value is -3.27. The van der Waals surface area contributed by atoms with Crippen LogP contribution in [-0.2, 0) is 5.41 Å². The van der Waals surface area contributed by atoms with Crippen molar-refractivity contribution in [3.8, 4) is 11.5 Å². The van der Waals surface area contributed by atoms with Crippen LogP contribution in [0.15, 0.2) is 66.7 Å². The molecule has 3 aromatic rings. The largest absolute Gasteiger partial charge is 0.494 e.